The molecule has 1 unspecified atom stereocenters. The van der Waals surface area contributed by atoms with Crippen LogP contribution in [0, 0.1) is 0 Å². The second-order valence-electron chi connectivity index (χ2n) is 6.17. The number of hydrogen-bond donors (Lipinski definition) is 0. The van der Waals surface area contributed by atoms with Crippen LogP contribution in [-0.4, -0.2) is 24.6 Å². The lowest BCUT2D eigenvalue weighted by Gasteiger charge is -2.30. The van der Waals surface area contributed by atoms with Crippen LogP contribution in [0.5, 0.6) is 0 Å². The molecule has 0 radical (unpaired) electrons. The van der Waals surface area contributed by atoms with Gasteiger partial charge in [0.05, 0.1) is 16.7 Å². The topological polar surface area (TPSA) is 12.5 Å². The van der Waals surface area contributed by atoms with Gasteiger partial charge in [0.25, 0.3) is 0 Å². The van der Waals surface area contributed by atoms with Crippen molar-refractivity contribution >= 4 is 23.2 Å². The maximum Gasteiger partial charge on any atom is 0.107 e. The van der Waals surface area contributed by atoms with E-state index in [4.69, 9.17) is 27.9 Å². The second-order valence-corrected chi connectivity index (χ2v) is 6.98. The molecular formula is C20H21Cl2NO. The van der Waals surface area contributed by atoms with Crippen LogP contribution in [0.15, 0.2) is 61.2 Å². The number of ether oxygens (including phenoxy) is 1. The Morgan fingerprint density at radius 3 is 2.62 bits per heavy atom. The zero-order valence-electron chi connectivity index (χ0n) is 13.6. The molecule has 1 atom stereocenters. The monoisotopic (exact) mass is 361 g/mol. The van der Waals surface area contributed by atoms with Gasteiger partial charge >= 0.3 is 0 Å². The summed E-state index contributed by atoms with van der Waals surface area (Å²) in [5.41, 5.74) is 2.03. The molecule has 1 aliphatic rings. The first-order chi connectivity index (χ1) is 11.6. The van der Waals surface area contributed by atoms with Crippen LogP contribution >= 0.6 is 23.2 Å². The standard InChI is InChI=1S/C20H21Cl2NO/c1-2-12-24-20(17-8-9-18(21)19(22)13-17)10-11-23(15-20)14-16-6-4-3-5-7-16/h2-9,13H,1,10-12,14-15H2. The molecule has 2 nitrogen and oxygen atoms in total. The molecule has 0 bridgehead atoms. The van der Waals surface area contributed by atoms with E-state index in [0.717, 1.165) is 31.6 Å². The molecule has 0 N–H and O–H groups in total. The molecule has 1 saturated heterocycles. The summed E-state index contributed by atoms with van der Waals surface area (Å²) in [6.07, 6.45) is 2.71. The Morgan fingerprint density at radius 1 is 1.12 bits per heavy atom. The molecule has 0 aliphatic carbocycles. The second kappa shape index (κ2) is 7.71. The average Bonchev–Trinajstić information content (AvgIpc) is 3.00. The van der Waals surface area contributed by atoms with Gasteiger partial charge in [-0.1, -0.05) is 65.7 Å². The van der Waals surface area contributed by atoms with Gasteiger partial charge < -0.3 is 4.74 Å². The SMILES string of the molecule is C=CCOC1(c2ccc(Cl)c(Cl)c2)CCN(Cc2ccccc2)C1. The van der Waals surface area contributed by atoms with Crippen molar-refractivity contribution in [1.82, 2.24) is 4.90 Å². The van der Waals surface area contributed by atoms with E-state index >= 15 is 0 Å². The molecule has 0 aromatic heterocycles. The van der Waals surface area contributed by atoms with E-state index in [1.165, 1.54) is 5.56 Å². The highest BCUT2D eigenvalue weighted by Crippen LogP contribution is 2.38. The van der Waals surface area contributed by atoms with Crippen molar-refractivity contribution in [1.29, 1.82) is 0 Å². The number of halogens is 2. The van der Waals surface area contributed by atoms with E-state index in [9.17, 15) is 0 Å². The minimum Gasteiger partial charge on any atom is -0.365 e. The van der Waals surface area contributed by atoms with Crippen molar-refractivity contribution in [2.45, 2.75) is 18.6 Å². The summed E-state index contributed by atoms with van der Waals surface area (Å²) in [7, 11) is 0. The van der Waals surface area contributed by atoms with Gasteiger partial charge in [0, 0.05) is 19.6 Å². The molecule has 4 heteroatoms. The van der Waals surface area contributed by atoms with Crippen LogP contribution in [-0.2, 0) is 16.9 Å². The van der Waals surface area contributed by atoms with E-state index in [0.29, 0.717) is 16.7 Å². The summed E-state index contributed by atoms with van der Waals surface area (Å²) in [5.74, 6) is 0. The first kappa shape index (κ1) is 17.5. The highest BCUT2D eigenvalue weighted by atomic mass is 35.5. The van der Waals surface area contributed by atoms with Gasteiger partial charge in [-0.15, -0.1) is 6.58 Å². The zero-order chi connectivity index (χ0) is 17.0. The van der Waals surface area contributed by atoms with Crippen molar-refractivity contribution in [3.05, 3.63) is 82.4 Å². The minimum absolute atomic E-state index is 0.364. The molecule has 0 spiro atoms. The number of rotatable bonds is 6. The van der Waals surface area contributed by atoms with Crippen LogP contribution < -0.4 is 0 Å². The predicted octanol–water partition coefficient (Wildman–Crippen LogP) is 5.30. The highest BCUT2D eigenvalue weighted by molar-refractivity contribution is 6.42. The van der Waals surface area contributed by atoms with Crippen LogP contribution in [0.4, 0.5) is 0 Å². The summed E-state index contributed by atoms with van der Waals surface area (Å²) in [4.78, 5) is 2.42. The summed E-state index contributed by atoms with van der Waals surface area (Å²) in [6, 6.07) is 16.3. The van der Waals surface area contributed by atoms with Crippen LogP contribution in [0.2, 0.25) is 10.0 Å². The molecule has 2 aromatic carbocycles. The zero-order valence-corrected chi connectivity index (χ0v) is 15.1. The van der Waals surface area contributed by atoms with Gasteiger partial charge in [0.2, 0.25) is 0 Å². The third-order valence-electron chi connectivity index (χ3n) is 4.48. The first-order valence-corrected chi connectivity index (χ1v) is 8.85. The lowest BCUT2D eigenvalue weighted by Crippen LogP contribution is -2.34. The molecule has 1 aliphatic heterocycles. The highest BCUT2D eigenvalue weighted by Gasteiger charge is 2.40. The van der Waals surface area contributed by atoms with E-state index < -0.39 is 0 Å². The quantitative estimate of drug-likeness (QED) is 0.647. The number of benzene rings is 2. The fourth-order valence-electron chi connectivity index (χ4n) is 3.27. The van der Waals surface area contributed by atoms with Crippen molar-refractivity contribution in [2.75, 3.05) is 19.7 Å². The Labute approximate surface area is 153 Å². The Morgan fingerprint density at radius 2 is 1.92 bits per heavy atom. The molecule has 126 valence electrons. The Balaban J connectivity index is 1.82. The molecular weight excluding hydrogens is 341 g/mol. The summed E-state index contributed by atoms with van der Waals surface area (Å²) in [6.45, 7) is 7.02. The van der Waals surface area contributed by atoms with Crippen molar-refractivity contribution in [3.8, 4) is 0 Å². The smallest absolute Gasteiger partial charge is 0.107 e. The average molecular weight is 362 g/mol. The maximum absolute atomic E-state index is 6.23. The largest absolute Gasteiger partial charge is 0.365 e. The van der Waals surface area contributed by atoms with E-state index in [1.807, 2.05) is 24.3 Å². The lowest BCUT2D eigenvalue weighted by atomic mass is 9.92. The molecule has 1 heterocycles. The molecule has 3 rings (SSSR count). The van der Waals surface area contributed by atoms with Crippen LogP contribution in [0.25, 0.3) is 0 Å². The van der Waals surface area contributed by atoms with Gasteiger partial charge in [-0.2, -0.15) is 0 Å². The van der Waals surface area contributed by atoms with Gasteiger partial charge in [0.1, 0.15) is 5.60 Å². The number of nitrogens with zero attached hydrogens (tertiary/aromatic N) is 1. The Hall–Kier alpha value is -1.32. The number of likely N-dealkylation sites (tertiary alicyclic amines) is 1. The fraction of sp³-hybridized carbons (Fsp3) is 0.300. The maximum atomic E-state index is 6.23. The normalized spacial score (nSPS) is 21.1. The van der Waals surface area contributed by atoms with Gasteiger partial charge in [0.15, 0.2) is 0 Å². The van der Waals surface area contributed by atoms with Crippen LogP contribution in [0.3, 0.4) is 0 Å². The van der Waals surface area contributed by atoms with Crippen molar-refractivity contribution in [2.24, 2.45) is 0 Å². The Kier molecular flexibility index (Phi) is 5.62. The minimum atomic E-state index is -0.364. The fourth-order valence-corrected chi connectivity index (χ4v) is 3.57. The lowest BCUT2D eigenvalue weighted by molar-refractivity contribution is -0.0278. The van der Waals surface area contributed by atoms with Gasteiger partial charge in [-0.25, -0.2) is 0 Å². The number of hydrogen-bond acceptors (Lipinski definition) is 2. The predicted molar refractivity (Wildman–Crippen MR) is 101 cm³/mol. The summed E-state index contributed by atoms with van der Waals surface area (Å²) >= 11 is 12.3. The third kappa shape index (κ3) is 3.84. The van der Waals surface area contributed by atoms with E-state index in [1.54, 1.807) is 6.08 Å². The summed E-state index contributed by atoms with van der Waals surface area (Å²) in [5, 5.41) is 1.13. The molecule has 0 amide bonds. The van der Waals surface area contributed by atoms with E-state index in [2.05, 4.69) is 35.7 Å². The molecule has 24 heavy (non-hydrogen) atoms. The van der Waals surface area contributed by atoms with E-state index in [-0.39, 0.29) is 5.60 Å². The van der Waals surface area contributed by atoms with Crippen LogP contribution in [0.1, 0.15) is 17.5 Å². The molecule has 0 saturated carbocycles. The van der Waals surface area contributed by atoms with Crippen molar-refractivity contribution in [3.63, 3.8) is 0 Å². The molecule has 2 aromatic rings. The summed E-state index contributed by atoms with van der Waals surface area (Å²) < 4.78 is 6.23. The van der Waals surface area contributed by atoms with Gasteiger partial charge in [-0.3, -0.25) is 4.90 Å². The third-order valence-corrected chi connectivity index (χ3v) is 5.22. The molecule has 1 fully saturated rings. The van der Waals surface area contributed by atoms with Crippen molar-refractivity contribution < 1.29 is 4.74 Å². The van der Waals surface area contributed by atoms with Gasteiger partial charge in [-0.05, 0) is 29.7 Å². The Bertz CT molecular complexity index is 704. The first-order valence-electron chi connectivity index (χ1n) is 8.10.